The first kappa shape index (κ1) is 19.3. The first-order valence-electron chi connectivity index (χ1n) is 8.84. The molecule has 0 unspecified atom stereocenters. The molecule has 6 nitrogen and oxygen atoms in total. The number of alkyl halides is 4. The van der Waals surface area contributed by atoms with Gasteiger partial charge in [-0.25, -0.2) is 14.4 Å². The summed E-state index contributed by atoms with van der Waals surface area (Å²) in [6, 6.07) is 2.70. The van der Waals surface area contributed by atoms with Gasteiger partial charge in [-0.15, -0.1) is 0 Å². The van der Waals surface area contributed by atoms with Gasteiger partial charge in [0, 0.05) is 29.9 Å². The number of amides is 2. The van der Waals surface area contributed by atoms with E-state index in [9.17, 15) is 27.2 Å². The van der Waals surface area contributed by atoms with Crippen LogP contribution in [0.25, 0.3) is 0 Å². The number of hydrogen-bond acceptors (Lipinski definition) is 4. The number of hydrogen-bond donors (Lipinski definition) is 1. The molecule has 1 saturated carbocycles. The fourth-order valence-corrected chi connectivity index (χ4v) is 3.61. The molecule has 2 aromatic rings. The van der Waals surface area contributed by atoms with Crippen LogP contribution in [0.4, 0.5) is 23.5 Å². The van der Waals surface area contributed by atoms with E-state index in [0.29, 0.717) is 0 Å². The van der Waals surface area contributed by atoms with Crippen LogP contribution in [-0.2, 0) is 16.4 Å². The van der Waals surface area contributed by atoms with Crippen molar-refractivity contribution < 1.29 is 27.2 Å². The molecule has 0 saturated heterocycles. The molecule has 1 aliphatic heterocycles. The number of carbonyl (C=O) groups excluding carboxylic acids is 2. The molecule has 2 aliphatic rings. The first-order valence-corrected chi connectivity index (χ1v) is 8.84. The zero-order chi connectivity index (χ0) is 21.0. The molecule has 29 heavy (non-hydrogen) atoms. The third kappa shape index (κ3) is 3.43. The second-order valence-electron chi connectivity index (χ2n) is 7.38. The van der Waals surface area contributed by atoms with Crippen molar-refractivity contribution in [2.24, 2.45) is 0 Å². The van der Waals surface area contributed by atoms with E-state index in [1.165, 1.54) is 12.4 Å². The van der Waals surface area contributed by atoms with Gasteiger partial charge >= 0.3 is 6.18 Å². The Kier molecular flexibility index (Phi) is 4.32. The van der Waals surface area contributed by atoms with E-state index in [1.807, 2.05) is 0 Å². The van der Waals surface area contributed by atoms with Crippen LogP contribution in [0, 0.1) is 6.92 Å². The maximum Gasteiger partial charge on any atom is 0.416 e. The fourth-order valence-electron chi connectivity index (χ4n) is 3.61. The Labute approximate surface area is 162 Å². The predicted octanol–water partition coefficient (Wildman–Crippen LogP) is 2.88. The third-order valence-corrected chi connectivity index (χ3v) is 5.22. The first-order chi connectivity index (χ1) is 13.6. The molecule has 2 atom stereocenters. The number of aryl methyl sites for hydroxylation is 1. The third-order valence-electron chi connectivity index (χ3n) is 5.22. The summed E-state index contributed by atoms with van der Waals surface area (Å²) in [5.74, 6) is -1.13. The Bertz CT molecular complexity index is 993. The molecule has 1 aromatic carbocycles. The average Bonchev–Trinajstić information content (AvgIpc) is 3.30. The molecule has 4 rings (SSSR count). The smallest absolute Gasteiger partial charge is 0.328 e. The molecule has 0 radical (unpaired) electrons. The van der Waals surface area contributed by atoms with Gasteiger partial charge in [-0.1, -0.05) is 0 Å². The molecule has 1 aliphatic carbocycles. The Balaban J connectivity index is 1.58. The Morgan fingerprint density at radius 2 is 1.97 bits per heavy atom. The van der Waals surface area contributed by atoms with E-state index in [1.54, 1.807) is 6.92 Å². The van der Waals surface area contributed by atoms with Crippen LogP contribution < -0.4 is 5.32 Å². The summed E-state index contributed by atoms with van der Waals surface area (Å²) in [6.45, 7) is 1.23. The lowest BCUT2D eigenvalue weighted by atomic mass is 9.85. The highest BCUT2D eigenvalue weighted by molar-refractivity contribution is 6.01. The quantitative estimate of drug-likeness (QED) is 0.793. The number of rotatable bonds is 3. The Morgan fingerprint density at radius 3 is 2.55 bits per heavy atom. The lowest BCUT2D eigenvalue weighted by Crippen LogP contribution is -2.47. The predicted molar refractivity (Wildman–Crippen MR) is 93.9 cm³/mol. The maximum absolute atomic E-state index is 14.2. The van der Waals surface area contributed by atoms with Crippen molar-refractivity contribution in [1.29, 1.82) is 0 Å². The molecule has 1 fully saturated rings. The standard InChI is InChI=1S/C19H16F4N4O2/c1-10-6-24-17(25-7-10)26-15(28)8-27-9-18(5-14(18)20)13-4-11(19(21,22)23)2-3-12(13)16(27)29/h2-4,6-7,14H,5,8-9H2,1H3,(H,24,25,26,28)/t14-,18-/m1/s1. The highest BCUT2D eigenvalue weighted by Gasteiger charge is 2.61. The second kappa shape index (κ2) is 6.50. The summed E-state index contributed by atoms with van der Waals surface area (Å²) in [5, 5.41) is 2.45. The van der Waals surface area contributed by atoms with E-state index in [0.717, 1.165) is 28.7 Å². The van der Waals surface area contributed by atoms with Crippen LogP contribution in [0.2, 0.25) is 0 Å². The zero-order valence-electron chi connectivity index (χ0n) is 15.3. The summed E-state index contributed by atoms with van der Waals surface area (Å²) in [7, 11) is 0. The Hall–Kier alpha value is -3.04. The maximum atomic E-state index is 14.2. The minimum atomic E-state index is -4.59. The number of nitrogens with zero attached hydrogens (tertiary/aromatic N) is 3. The van der Waals surface area contributed by atoms with Crippen LogP contribution in [0.1, 0.15) is 33.5 Å². The lowest BCUT2D eigenvalue weighted by Gasteiger charge is -2.34. The molecule has 2 amide bonds. The van der Waals surface area contributed by atoms with Gasteiger partial charge in [-0.2, -0.15) is 13.2 Å². The van der Waals surface area contributed by atoms with Gasteiger partial charge in [0.2, 0.25) is 11.9 Å². The van der Waals surface area contributed by atoms with Crippen molar-refractivity contribution >= 4 is 17.8 Å². The summed E-state index contributed by atoms with van der Waals surface area (Å²) in [5.41, 5.74) is -1.28. The number of fused-ring (bicyclic) bond motifs is 2. The van der Waals surface area contributed by atoms with Gasteiger partial charge in [0.05, 0.1) is 5.56 Å². The van der Waals surface area contributed by atoms with Crippen molar-refractivity contribution in [3.05, 3.63) is 52.8 Å². The Morgan fingerprint density at radius 1 is 1.31 bits per heavy atom. The SMILES string of the molecule is Cc1cnc(NC(=O)CN2C[C@]3(C[C@H]3F)c3cc(C(F)(F)F)ccc3C2=O)nc1. The molecular weight excluding hydrogens is 392 g/mol. The zero-order valence-corrected chi connectivity index (χ0v) is 15.3. The van der Waals surface area contributed by atoms with E-state index in [4.69, 9.17) is 0 Å². The number of anilines is 1. The molecule has 2 heterocycles. The van der Waals surface area contributed by atoms with Crippen molar-refractivity contribution in [1.82, 2.24) is 14.9 Å². The molecule has 1 N–H and O–H groups in total. The van der Waals surface area contributed by atoms with Crippen LogP contribution in [-0.4, -0.2) is 45.9 Å². The van der Waals surface area contributed by atoms with Crippen LogP contribution in [0.15, 0.2) is 30.6 Å². The van der Waals surface area contributed by atoms with Gasteiger partial charge in [-0.3, -0.25) is 14.9 Å². The number of carbonyl (C=O) groups is 2. The molecule has 1 spiro atoms. The topological polar surface area (TPSA) is 75.2 Å². The summed E-state index contributed by atoms with van der Waals surface area (Å²) >= 11 is 0. The lowest BCUT2D eigenvalue weighted by molar-refractivity contribution is -0.137. The van der Waals surface area contributed by atoms with E-state index >= 15 is 0 Å². The van der Waals surface area contributed by atoms with Gasteiger partial charge < -0.3 is 4.90 Å². The monoisotopic (exact) mass is 408 g/mol. The van der Waals surface area contributed by atoms with Gasteiger partial charge in [-0.05, 0) is 42.7 Å². The second-order valence-corrected chi connectivity index (χ2v) is 7.38. The van der Waals surface area contributed by atoms with E-state index in [-0.39, 0.29) is 36.6 Å². The van der Waals surface area contributed by atoms with Crippen molar-refractivity contribution in [2.75, 3.05) is 18.4 Å². The number of nitrogens with one attached hydrogen (secondary N) is 1. The highest BCUT2D eigenvalue weighted by Crippen LogP contribution is 2.55. The van der Waals surface area contributed by atoms with Crippen LogP contribution in [0.5, 0.6) is 0 Å². The molecular formula is C19H16F4N4O2. The molecule has 10 heteroatoms. The van der Waals surface area contributed by atoms with Crippen molar-refractivity contribution in [3.63, 3.8) is 0 Å². The molecule has 0 bridgehead atoms. The van der Waals surface area contributed by atoms with E-state index in [2.05, 4.69) is 15.3 Å². The number of halogens is 4. The molecule has 1 aromatic heterocycles. The summed E-state index contributed by atoms with van der Waals surface area (Å²) in [4.78, 5) is 34.1. The van der Waals surface area contributed by atoms with Crippen molar-refractivity contribution in [3.8, 4) is 0 Å². The highest BCUT2D eigenvalue weighted by atomic mass is 19.4. The van der Waals surface area contributed by atoms with Crippen LogP contribution in [0.3, 0.4) is 0 Å². The summed E-state index contributed by atoms with van der Waals surface area (Å²) in [6.07, 6.45) is -2.94. The number of benzene rings is 1. The minimum absolute atomic E-state index is 0.00772. The van der Waals surface area contributed by atoms with Gasteiger partial charge in [0.1, 0.15) is 12.7 Å². The number of aromatic nitrogens is 2. The fraction of sp³-hybridized carbons (Fsp3) is 0.368. The van der Waals surface area contributed by atoms with Gasteiger partial charge in [0.15, 0.2) is 0 Å². The largest absolute Gasteiger partial charge is 0.416 e. The van der Waals surface area contributed by atoms with Gasteiger partial charge in [0.25, 0.3) is 5.91 Å². The minimum Gasteiger partial charge on any atom is -0.328 e. The normalized spacial score (nSPS) is 23.1. The molecule has 152 valence electrons. The summed E-state index contributed by atoms with van der Waals surface area (Å²) < 4.78 is 53.4. The van der Waals surface area contributed by atoms with Crippen molar-refractivity contribution in [2.45, 2.75) is 31.1 Å². The van der Waals surface area contributed by atoms with E-state index < -0.39 is 35.1 Å². The average molecular weight is 408 g/mol. The van der Waals surface area contributed by atoms with Crippen LogP contribution >= 0.6 is 0 Å².